The maximum atomic E-state index is 13.4. The van der Waals surface area contributed by atoms with Gasteiger partial charge in [-0.25, -0.2) is 4.39 Å². The van der Waals surface area contributed by atoms with Gasteiger partial charge in [0.05, 0.1) is 0 Å². The maximum absolute atomic E-state index is 13.4. The SMILES string of the molecule is CC(C)CC(=O)N(c1ccc(F)cc1)C1CCN(Cc2ccccc2)CC1. The zero-order valence-electron chi connectivity index (χ0n) is 16.3. The Hall–Kier alpha value is -2.20. The minimum absolute atomic E-state index is 0.137. The van der Waals surface area contributed by atoms with Crippen molar-refractivity contribution in [1.29, 1.82) is 0 Å². The lowest BCUT2D eigenvalue weighted by Crippen LogP contribution is -2.47. The Morgan fingerprint density at radius 2 is 1.70 bits per heavy atom. The molecule has 4 heteroatoms. The van der Waals surface area contributed by atoms with E-state index in [1.54, 1.807) is 12.1 Å². The van der Waals surface area contributed by atoms with Crippen LogP contribution in [0.25, 0.3) is 0 Å². The number of hydrogen-bond donors (Lipinski definition) is 0. The predicted octanol–water partition coefficient (Wildman–Crippen LogP) is 4.87. The number of nitrogens with zero attached hydrogens (tertiary/aromatic N) is 2. The van der Waals surface area contributed by atoms with Crippen LogP contribution < -0.4 is 4.90 Å². The van der Waals surface area contributed by atoms with Gasteiger partial charge in [0.25, 0.3) is 0 Å². The van der Waals surface area contributed by atoms with Crippen LogP contribution in [0.5, 0.6) is 0 Å². The van der Waals surface area contributed by atoms with Crippen LogP contribution in [0, 0.1) is 11.7 Å². The number of hydrogen-bond acceptors (Lipinski definition) is 2. The molecule has 0 bridgehead atoms. The van der Waals surface area contributed by atoms with E-state index >= 15 is 0 Å². The summed E-state index contributed by atoms with van der Waals surface area (Å²) in [6, 6.07) is 17.0. The summed E-state index contributed by atoms with van der Waals surface area (Å²) in [5, 5.41) is 0. The fourth-order valence-electron chi connectivity index (χ4n) is 3.78. The molecule has 1 fully saturated rings. The molecule has 144 valence electrons. The molecule has 0 aliphatic carbocycles. The number of amides is 1. The molecule has 3 rings (SSSR count). The van der Waals surface area contributed by atoms with Crippen molar-refractivity contribution in [2.24, 2.45) is 5.92 Å². The van der Waals surface area contributed by atoms with E-state index in [4.69, 9.17) is 0 Å². The first-order chi connectivity index (χ1) is 13.0. The standard InChI is InChI=1S/C23H29FN2O/c1-18(2)16-23(27)26(21-10-8-20(24)9-11-21)22-12-14-25(15-13-22)17-19-6-4-3-5-7-19/h3-11,18,22H,12-17H2,1-2H3. The molecule has 0 unspecified atom stereocenters. The second-order valence-electron chi connectivity index (χ2n) is 7.83. The normalized spacial score (nSPS) is 15.9. The minimum atomic E-state index is -0.271. The average Bonchev–Trinajstić information content (AvgIpc) is 2.65. The zero-order valence-corrected chi connectivity index (χ0v) is 16.3. The highest BCUT2D eigenvalue weighted by Gasteiger charge is 2.29. The molecule has 2 aromatic rings. The topological polar surface area (TPSA) is 23.6 Å². The van der Waals surface area contributed by atoms with E-state index in [9.17, 15) is 9.18 Å². The molecule has 27 heavy (non-hydrogen) atoms. The van der Waals surface area contributed by atoms with Crippen LogP contribution in [0.2, 0.25) is 0 Å². The van der Waals surface area contributed by atoms with Gasteiger partial charge in [-0.1, -0.05) is 44.2 Å². The van der Waals surface area contributed by atoms with Gasteiger partial charge in [-0.3, -0.25) is 9.69 Å². The van der Waals surface area contributed by atoms with E-state index in [2.05, 4.69) is 43.0 Å². The van der Waals surface area contributed by atoms with E-state index in [-0.39, 0.29) is 17.8 Å². The Balaban J connectivity index is 1.68. The second-order valence-corrected chi connectivity index (χ2v) is 7.83. The summed E-state index contributed by atoms with van der Waals surface area (Å²) in [6.45, 7) is 6.99. The molecular formula is C23H29FN2O. The third-order valence-electron chi connectivity index (χ3n) is 5.13. The molecule has 0 radical (unpaired) electrons. The Morgan fingerprint density at radius 3 is 2.30 bits per heavy atom. The number of rotatable bonds is 6. The molecule has 1 saturated heterocycles. The summed E-state index contributed by atoms with van der Waals surface area (Å²) in [5.74, 6) is 0.171. The molecule has 0 saturated carbocycles. The smallest absolute Gasteiger partial charge is 0.227 e. The van der Waals surface area contributed by atoms with Gasteiger partial charge in [-0.15, -0.1) is 0 Å². The number of anilines is 1. The van der Waals surface area contributed by atoms with Gasteiger partial charge in [0.15, 0.2) is 0 Å². The van der Waals surface area contributed by atoms with Crippen molar-refractivity contribution >= 4 is 11.6 Å². The van der Waals surface area contributed by atoms with Crippen molar-refractivity contribution in [3.63, 3.8) is 0 Å². The molecule has 0 atom stereocenters. The van der Waals surface area contributed by atoms with E-state index in [1.165, 1.54) is 17.7 Å². The lowest BCUT2D eigenvalue weighted by atomic mass is 9.99. The first-order valence-corrected chi connectivity index (χ1v) is 9.87. The Bertz CT molecular complexity index is 722. The summed E-state index contributed by atoms with van der Waals surface area (Å²) in [4.78, 5) is 17.3. The van der Waals surface area contributed by atoms with E-state index in [1.807, 2.05) is 11.0 Å². The molecule has 3 nitrogen and oxygen atoms in total. The van der Waals surface area contributed by atoms with Crippen LogP contribution in [-0.2, 0) is 11.3 Å². The number of benzene rings is 2. The van der Waals surface area contributed by atoms with Gasteiger partial charge in [-0.05, 0) is 48.6 Å². The molecule has 0 spiro atoms. The molecule has 1 amide bonds. The van der Waals surface area contributed by atoms with Crippen LogP contribution in [0.3, 0.4) is 0 Å². The van der Waals surface area contributed by atoms with Crippen molar-refractivity contribution in [2.45, 2.75) is 45.7 Å². The molecule has 0 aromatic heterocycles. The summed E-state index contributed by atoms with van der Waals surface area (Å²) in [6.07, 6.45) is 2.39. The number of piperidine rings is 1. The summed E-state index contributed by atoms with van der Waals surface area (Å²) < 4.78 is 13.4. The number of likely N-dealkylation sites (tertiary alicyclic amines) is 1. The quantitative estimate of drug-likeness (QED) is 0.726. The number of carbonyl (C=O) groups is 1. The summed E-state index contributed by atoms with van der Waals surface area (Å²) in [7, 11) is 0. The molecule has 1 aliphatic heterocycles. The third kappa shape index (κ3) is 5.39. The van der Waals surface area contributed by atoms with Crippen molar-refractivity contribution in [3.05, 3.63) is 66.0 Å². The fourth-order valence-corrected chi connectivity index (χ4v) is 3.78. The van der Waals surface area contributed by atoms with Crippen molar-refractivity contribution in [3.8, 4) is 0 Å². The highest BCUT2D eigenvalue weighted by molar-refractivity contribution is 5.94. The zero-order chi connectivity index (χ0) is 19.2. The average molecular weight is 368 g/mol. The van der Waals surface area contributed by atoms with Crippen LogP contribution in [0.15, 0.2) is 54.6 Å². The van der Waals surface area contributed by atoms with Crippen LogP contribution in [0.4, 0.5) is 10.1 Å². The van der Waals surface area contributed by atoms with Gasteiger partial charge in [0.1, 0.15) is 5.82 Å². The minimum Gasteiger partial charge on any atom is -0.309 e. The van der Waals surface area contributed by atoms with Gasteiger partial charge in [-0.2, -0.15) is 0 Å². The highest BCUT2D eigenvalue weighted by Crippen LogP contribution is 2.26. The van der Waals surface area contributed by atoms with Gasteiger partial charge >= 0.3 is 0 Å². The molecule has 1 heterocycles. The number of halogens is 1. The molecule has 0 N–H and O–H groups in total. The first-order valence-electron chi connectivity index (χ1n) is 9.87. The lowest BCUT2D eigenvalue weighted by molar-refractivity contribution is -0.120. The Labute approximate surface area is 161 Å². The fraction of sp³-hybridized carbons (Fsp3) is 0.435. The number of carbonyl (C=O) groups excluding carboxylic acids is 1. The largest absolute Gasteiger partial charge is 0.309 e. The highest BCUT2D eigenvalue weighted by atomic mass is 19.1. The van der Waals surface area contributed by atoms with E-state index < -0.39 is 0 Å². The van der Waals surface area contributed by atoms with Crippen LogP contribution >= 0.6 is 0 Å². The van der Waals surface area contributed by atoms with E-state index in [0.29, 0.717) is 12.3 Å². The molecular weight excluding hydrogens is 339 g/mol. The van der Waals surface area contributed by atoms with Crippen molar-refractivity contribution in [2.75, 3.05) is 18.0 Å². The monoisotopic (exact) mass is 368 g/mol. The van der Waals surface area contributed by atoms with Crippen molar-refractivity contribution in [1.82, 2.24) is 4.90 Å². The van der Waals surface area contributed by atoms with E-state index in [0.717, 1.165) is 38.2 Å². The van der Waals surface area contributed by atoms with Gasteiger partial charge in [0.2, 0.25) is 5.91 Å². The summed E-state index contributed by atoms with van der Waals surface area (Å²) >= 11 is 0. The lowest BCUT2D eigenvalue weighted by Gasteiger charge is -2.39. The Morgan fingerprint density at radius 1 is 1.07 bits per heavy atom. The Kier molecular flexibility index (Phi) is 6.62. The molecule has 1 aliphatic rings. The third-order valence-corrected chi connectivity index (χ3v) is 5.13. The van der Waals surface area contributed by atoms with Crippen LogP contribution in [-0.4, -0.2) is 29.9 Å². The summed E-state index contributed by atoms with van der Waals surface area (Å²) in [5.41, 5.74) is 2.13. The molecule has 2 aromatic carbocycles. The van der Waals surface area contributed by atoms with Gasteiger partial charge < -0.3 is 4.90 Å². The predicted molar refractivity (Wildman–Crippen MR) is 108 cm³/mol. The van der Waals surface area contributed by atoms with Gasteiger partial charge in [0, 0.05) is 37.8 Å². The van der Waals surface area contributed by atoms with Crippen molar-refractivity contribution < 1.29 is 9.18 Å². The van der Waals surface area contributed by atoms with Crippen LogP contribution in [0.1, 0.15) is 38.7 Å². The maximum Gasteiger partial charge on any atom is 0.227 e. The first kappa shape index (κ1) is 19.6. The second kappa shape index (κ2) is 9.14.